The van der Waals surface area contributed by atoms with Gasteiger partial charge in [0.2, 0.25) is 0 Å². The molecule has 11 aliphatic rings. The maximum absolute atomic E-state index is 14.8. The molecule has 29 heteroatoms. The highest BCUT2D eigenvalue weighted by Gasteiger charge is 2.72. The van der Waals surface area contributed by atoms with Crippen LogP contribution in [0.2, 0.25) is 0 Å². The largest absolute Gasteiger partial charge is 0.394 e. The number of aliphatic hydroxyl groups excluding tert-OH is 16. The van der Waals surface area contributed by atoms with Gasteiger partial charge in [-0.3, -0.25) is 4.79 Å². The first-order valence-corrected chi connectivity index (χ1v) is 30.3. The fraction of sp³-hybridized carbons (Fsp3) is 0.982. The smallest absolute Gasteiger partial charge is 0.187 e. The van der Waals surface area contributed by atoms with Gasteiger partial charge in [0.25, 0.3) is 0 Å². The van der Waals surface area contributed by atoms with Gasteiger partial charge >= 0.3 is 0 Å². The second kappa shape index (κ2) is 25.2. The lowest BCUT2D eigenvalue weighted by molar-refractivity contribution is -0.410. The summed E-state index contributed by atoms with van der Waals surface area (Å²) in [6, 6.07) is 0. The third-order valence-electron chi connectivity index (χ3n) is 22.0. The molecule has 4 saturated carbocycles. The minimum Gasteiger partial charge on any atom is -0.394 e. The maximum Gasteiger partial charge on any atom is 0.187 e. The summed E-state index contributed by atoms with van der Waals surface area (Å²) >= 11 is 0. The van der Waals surface area contributed by atoms with Crippen LogP contribution < -0.4 is 0 Å². The van der Waals surface area contributed by atoms with Crippen molar-refractivity contribution in [2.45, 2.75) is 251 Å². The van der Waals surface area contributed by atoms with E-state index < -0.39 is 209 Å². The molecule has 11 rings (SSSR count). The molecule has 0 aromatic heterocycles. The van der Waals surface area contributed by atoms with Crippen molar-refractivity contribution < 1.29 is 143 Å². The van der Waals surface area contributed by atoms with Crippen molar-refractivity contribution in [1.82, 2.24) is 0 Å². The Hall–Kier alpha value is -1.45. The Morgan fingerprint density at radius 2 is 1.08 bits per heavy atom. The molecule has 85 heavy (non-hydrogen) atoms. The molecule has 0 aromatic rings. The normalized spacial score (nSPS) is 57.2. The Labute approximate surface area is 490 Å². The first-order valence-electron chi connectivity index (χ1n) is 30.3. The van der Waals surface area contributed by atoms with E-state index in [9.17, 15) is 86.5 Å². The molecule has 37 atom stereocenters. The summed E-state index contributed by atoms with van der Waals surface area (Å²) in [6.07, 6.45) is -42.6. The molecule has 7 heterocycles. The molecule has 0 aromatic carbocycles. The van der Waals surface area contributed by atoms with Crippen LogP contribution in [0.15, 0.2) is 0 Å². The predicted molar refractivity (Wildman–Crippen MR) is 277 cm³/mol. The molecule has 0 bridgehead atoms. The van der Waals surface area contributed by atoms with Crippen LogP contribution in [0.5, 0.6) is 0 Å². The number of hydrogen-bond donors (Lipinski definition) is 16. The monoisotopic (exact) mass is 1230 g/mol. The molecule has 0 amide bonds. The summed E-state index contributed by atoms with van der Waals surface area (Å²) in [5.41, 5.74) is -1.05. The van der Waals surface area contributed by atoms with Crippen molar-refractivity contribution in [3.05, 3.63) is 0 Å². The zero-order chi connectivity index (χ0) is 61.1. The van der Waals surface area contributed by atoms with Crippen LogP contribution in [0.25, 0.3) is 0 Å². The van der Waals surface area contributed by atoms with E-state index in [0.717, 1.165) is 32.1 Å². The first kappa shape index (κ1) is 65.1. The van der Waals surface area contributed by atoms with E-state index in [0.29, 0.717) is 25.4 Å². The topological polar surface area (TPSA) is 452 Å². The number of hydrogen-bond acceptors (Lipinski definition) is 29. The van der Waals surface area contributed by atoms with E-state index in [1.807, 2.05) is 0 Å². The van der Waals surface area contributed by atoms with E-state index in [-0.39, 0.29) is 53.8 Å². The van der Waals surface area contributed by atoms with Crippen molar-refractivity contribution in [3.63, 3.8) is 0 Å². The molecule has 29 nitrogen and oxygen atoms in total. The average Bonchev–Trinajstić information content (AvgIpc) is 1.63. The minimum absolute atomic E-state index is 0.0228. The number of ketones is 1. The van der Waals surface area contributed by atoms with Gasteiger partial charge in [0.15, 0.2) is 37.2 Å². The van der Waals surface area contributed by atoms with Crippen LogP contribution in [0.3, 0.4) is 0 Å². The Morgan fingerprint density at radius 3 is 1.74 bits per heavy atom. The van der Waals surface area contributed by atoms with Crippen LogP contribution in [-0.2, 0) is 61.6 Å². The van der Waals surface area contributed by atoms with Crippen molar-refractivity contribution in [1.29, 1.82) is 0 Å². The molecule has 1 spiro atoms. The van der Waals surface area contributed by atoms with Gasteiger partial charge in [0, 0.05) is 30.1 Å². The van der Waals surface area contributed by atoms with Gasteiger partial charge in [0.1, 0.15) is 122 Å². The number of ether oxygens (including phenoxy) is 12. The Balaban J connectivity index is 0.798. The van der Waals surface area contributed by atoms with Crippen molar-refractivity contribution in [3.8, 4) is 0 Å². The summed E-state index contributed by atoms with van der Waals surface area (Å²) in [4.78, 5) is 14.8. The van der Waals surface area contributed by atoms with Crippen LogP contribution in [-0.4, -0.2) is 299 Å². The first-order chi connectivity index (χ1) is 40.3. The highest BCUT2D eigenvalue weighted by atomic mass is 16.8. The molecule has 37 unspecified atom stereocenters. The molecular formula is C56H90O29. The number of aliphatic hydroxyl groups is 16. The number of carbonyl (C=O) groups excluding carboxylic acids is 1. The maximum atomic E-state index is 14.8. The fourth-order valence-electron chi connectivity index (χ4n) is 17.1. The van der Waals surface area contributed by atoms with Crippen LogP contribution in [0.4, 0.5) is 0 Å². The van der Waals surface area contributed by atoms with E-state index in [1.165, 1.54) is 0 Å². The molecule has 0 radical (unpaired) electrons. The molecule has 7 saturated heterocycles. The zero-order valence-corrected chi connectivity index (χ0v) is 48.0. The zero-order valence-electron chi connectivity index (χ0n) is 48.0. The highest BCUT2D eigenvalue weighted by molar-refractivity contribution is 5.87. The van der Waals surface area contributed by atoms with Crippen LogP contribution in [0, 0.1) is 52.3 Å². The van der Waals surface area contributed by atoms with E-state index in [4.69, 9.17) is 56.8 Å². The van der Waals surface area contributed by atoms with Crippen molar-refractivity contribution in [2.24, 2.45) is 52.3 Å². The number of fused-ring (bicyclic) bond motifs is 7. The van der Waals surface area contributed by atoms with E-state index >= 15 is 0 Å². The van der Waals surface area contributed by atoms with E-state index in [1.54, 1.807) is 0 Å². The predicted octanol–water partition coefficient (Wildman–Crippen LogP) is -6.30. The summed E-state index contributed by atoms with van der Waals surface area (Å²) in [7, 11) is 0. The molecule has 488 valence electrons. The van der Waals surface area contributed by atoms with Gasteiger partial charge < -0.3 is 139 Å². The number of Topliss-reactive ketones (excluding diaryl/α,β-unsaturated/α-hetero) is 1. The second-order valence-electron chi connectivity index (χ2n) is 26.7. The number of carbonyl (C=O) groups is 1. The lowest BCUT2D eigenvalue weighted by Gasteiger charge is -2.61. The van der Waals surface area contributed by atoms with Gasteiger partial charge in [-0.25, -0.2) is 0 Å². The summed E-state index contributed by atoms with van der Waals surface area (Å²) in [5, 5.41) is 176. The summed E-state index contributed by atoms with van der Waals surface area (Å²) in [6.45, 7) is 4.89. The Kier molecular flexibility index (Phi) is 19.3. The third kappa shape index (κ3) is 11.2. The Morgan fingerprint density at radius 1 is 0.518 bits per heavy atom. The quantitative estimate of drug-likeness (QED) is 0.0720. The van der Waals surface area contributed by atoms with Crippen molar-refractivity contribution in [2.75, 3.05) is 39.6 Å². The molecule has 16 N–H and O–H groups in total. The van der Waals surface area contributed by atoms with Gasteiger partial charge in [-0.05, 0) is 73.5 Å². The third-order valence-corrected chi connectivity index (χ3v) is 22.0. The van der Waals surface area contributed by atoms with Crippen LogP contribution in [0.1, 0.15) is 79.1 Å². The highest BCUT2D eigenvalue weighted by Crippen LogP contribution is 2.70. The fourth-order valence-corrected chi connectivity index (χ4v) is 17.1. The Bertz CT molecular complexity index is 2260. The lowest BCUT2D eigenvalue weighted by Crippen LogP contribution is -2.69. The van der Waals surface area contributed by atoms with Gasteiger partial charge in [-0.15, -0.1) is 0 Å². The standard InChI is InChI=1S/C56H90O29/c1-19-7-8-56(75-17-19)20(2)34-28(85-56)10-24-22-6-5-21-9-27(25(61)12-54(21,3)23(22)11-33(63)55(24,34)4)76-50-43(72)40(69)45(32(16-60)80-50)81-53-48(47(38(67)31(15-59)79-53)83-49-41(70)35(64)26(62)18-74-49)84-52-44(73)46(37(66)30(14-58)78-52)82-51-42(71)39(68)36(65)29(13-57)77-51/h19-32,34-53,57-62,64-73H,5-18H2,1-4H3. The molecular weight excluding hydrogens is 1140 g/mol. The summed E-state index contributed by atoms with van der Waals surface area (Å²) < 4.78 is 72.7. The SMILES string of the molecule is CC1CCC2(OC1)OC1CC3C4CCC5CC(OC6OC(CO)C(OC7OC(CO)C(O)C(OC8OCC(O)C(O)C8O)C7OC7OC(CO)C(O)C(OC8OC(CO)C(O)C(O)C8O)C7O)C(O)C6O)C(O)CC5(C)C4CC(=O)C3(C)C1C2C. The summed E-state index contributed by atoms with van der Waals surface area (Å²) in [5.74, 6) is 0.331. The minimum atomic E-state index is -2.22. The molecule has 7 aliphatic heterocycles. The number of rotatable bonds is 14. The van der Waals surface area contributed by atoms with Gasteiger partial charge in [-0.1, -0.05) is 27.7 Å². The van der Waals surface area contributed by atoms with E-state index in [2.05, 4.69) is 27.7 Å². The van der Waals surface area contributed by atoms with Gasteiger partial charge in [0.05, 0.1) is 58.0 Å². The van der Waals surface area contributed by atoms with Crippen molar-refractivity contribution >= 4 is 5.78 Å². The van der Waals surface area contributed by atoms with Crippen LogP contribution >= 0.6 is 0 Å². The lowest BCUT2D eigenvalue weighted by atomic mass is 9.43. The van der Waals surface area contributed by atoms with Gasteiger partial charge in [-0.2, -0.15) is 0 Å². The second-order valence-corrected chi connectivity index (χ2v) is 26.7. The average molecular weight is 1230 g/mol. The molecule has 11 fully saturated rings. The molecule has 4 aliphatic carbocycles.